The molecule has 1 aromatic carbocycles. The largest absolute Gasteiger partial charge is 0.489 e. The van der Waals surface area contributed by atoms with Crippen molar-refractivity contribution in [2.75, 3.05) is 0 Å². The topological polar surface area (TPSA) is 46.5 Å². The quantitative estimate of drug-likeness (QED) is 0.807. The molecule has 0 radical (unpaired) electrons. The number of carboxylic acids is 1. The molecule has 1 aliphatic rings. The maximum absolute atomic E-state index is 10.7. The van der Waals surface area contributed by atoms with Gasteiger partial charge in [-0.1, -0.05) is 18.2 Å². The highest BCUT2D eigenvalue weighted by Crippen LogP contribution is 2.41. The van der Waals surface area contributed by atoms with E-state index < -0.39 is 5.97 Å². The van der Waals surface area contributed by atoms with Crippen molar-refractivity contribution in [2.45, 2.75) is 32.3 Å². The van der Waals surface area contributed by atoms with Crippen molar-refractivity contribution in [3.8, 4) is 5.75 Å². The first kappa shape index (κ1) is 10.0. The molecule has 0 bridgehead atoms. The number of fused-ring (bicyclic) bond motifs is 1. The van der Waals surface area contributed by atoms with Gasteiger partial charge in [-0.15, -0.1) is 0 Å². The van der Waals surface area contributed by atoms with E-state index in [0.29, 0.717) is 0 Å². The van der Waals surface area contributed by atoms with Gasteiger partial charge in [0.1, 0.15) is 11.9 Å². The Balaban J connectivity index is 2.37. The lowest BCUT2D eigenvalue weighted by molar-refractivity contribution is -0.137. The molecular weight excluding hydrogens is 192 g/mol. The van der Waals surface area contributed by atoms with E-state index in [1.807, 2.05) is 32.0 Å². The van der Waals surface area contributed by atoms with Gasteiger partial charge in [0.05, 0.1) is 6.42 Å². The van der Waals surface area contributed by atoms with E-state index in [2.05, 4.69) is 0 Å². The Kier molecular flexibility index (Phi) is 2.39. The van der Waals surface area contributed by atoms with E-state index in [1.54, 1.807) is 0 Å². The zero-order valence-electron chi connectivity index (χ0n) is 8.86. The summed E-state index contributed by atoms with van der Waals surface area (Å²) in [7, 11) is 0. The predicted octanol–water partition coefficient (Wildman–Crippen LogP) is 2.33. The fourth-order valence-corrected chi connectivity index (χ4v) is 2.11. The monoisotopic (exact) mass is 206 g/mol. The molecule has 0 aromatic heterocycles. The van der Waals surface area contributed by atoms with Gasteiger partial charge in [-0.2, -0.15) is 0 Å². The lowest BCUT2D eigenvalue weighted by Gasteiger charge is -2.11. The molecule has 2 atom stereocenters. The van der Waals surface area contributed by atoms with Crippen molar-refractivity contribution in [2.24, 2.45) is 0 Å². The van der Waals surface area contributed by atoms with E-state index in [-0.39, 0.29) is 18.4 Å². The molecule has 1 aliphatic heterocycles. The first-order valence-electron chi connectivity index (χ1n) is 5.07. The highest BCUT2D eigenvalue weighted by molar-refractivity contribution is 5.69. The summed E-state index contributed by atoms with van der Waals surface area (Å²) in [5.41, 5.74) is 2.11. The van der Waals surface area contributed by atoms with Gasteiger partial charge in [-0.3, -0.25) is 4.79 Å². The molecule has 3 nitrogen and oxygen atoms in total. The molecule has 15 heavy (non-hydrogen) atoms. The van der Waals surface area contributed by atoms with Gasteiger partial charge in [0.15, 0.2) is 0 Å². The van der Waals surface area contributed by atoms with Crippen LogP contribution in [0.3, 0.4) is 0 Å². The van der Waals surface area contributed by atoms with Gasteiger partial charge >= 0.3 is 5.97 Å². The Morgan fingerprint density at radius 1 is 1.53 bits per heavy atom. The van der Waals surface area contributed by atoms with Crippen LogP contribution in [0.15, 0.2) is 18.2 Å². The van der Waals surface area contributed by atoms with Crippen LogP contribution in [0.1, 0.15) is 30.4 Å². The van der Waals surface area contributed by atoms with Gasteiger partial charge in [-0.25, -0.2) is 0 Å². The number of carboxylic acid groups (broad SMARTS) is 1. The first-order valence-corrected chi connectivity index (χ1v) is 5.07. The van der Waals surface area contributed by atoms with Crippen LogP contribution in [0.25, 0.3) is 0 Å². The Morgan fingerprint density at radius 3 is 2.93 bits per heavy atom. The summed E-state index contributed by atoms with van der Waals surface area (Å²) in [5.74, 6) is 0.0819. The van der Waals surface area contributed by atoms with Crippen LogP contribution in [0.4, 0.5) is 0 Å². The van der Waals surface area contributed by atoms with Crippen LogP contribution in [0, 0.1) is 6.92 Å². The van der Waals surface area contributed by atoms with Gasteiger partial charge in [0.25, 0.3) is 0 Å². The zero-order valence-corrected chi connectivity index (χ0v) is 8.86. The Labute approximate surface area is 88.7 Å². The van der Waals surface area contributed by atoms with Crippen molar-refractivity contribution in [3.05, 3.63) is 29.3 Å². The number of rotatable bonds is 2. The van der Waals surface area contributed by atoms with Crippen molar-refractivity contribution in [1.29, 1.82) is 0 Å². The smallest absolute Gasteiger partial charge is 0.304 e. The minimum absolute atomic E-state index is 0.0163. The second kappa shape index (κ2) is 3.57. The normalized spacial score (nSPS) is 23.3. The molecule has 2 rings (SSSR count). The van der Waals surface area contributed by atoms with E-state index in [0.717, 1.165) is 16.9 Å². The molecule has 0 saturated carbocycles. The highest BCUT2D eigenvalue weighted by Gasteiger charge is 2.33. The first-order chi connectivity index (χ1) is 7.09. The summed E-state index contributed by atoms with van der Waals surface area (Å²) >= 11 is 0. The lowest BCUT2D eigenvalue weighted by Crippen LogP contribution is -2.17. The predicted molar refractivity (Wildman–Crippen MR) is 56.3 cm³/mol. The average Bonchev–Trinajstić information content (AvgIpc) is 2.45. The molecule has 0 aliphatic carbocycles. The van der Waals surface area contributed by atoms with Crippen LogP contribution in [-0.4, -0.2) is 17.2 Å². The highest BCUT2D eigenvalue weighted by atomic mass is 16.5. The van der Waals surface area contributed by atoms with Crippen LogP contribution >= 0.6 is 0 Å². The van der Waals surface area contributed by atoms with Crippen molar-refractivity contribution in [1.82, 2.24) is 0 Å². The van der Waals surface area contributed by atoms with Crippen molar-refractivity contribution >= 4 is 5.97 Å². The molecule has 0 amide bonds. The second-order valence-electron chi connectivity index (χ2n) is 4.02. The van der Waals surface area contributed by atoms with Crippen LogP contribution in [0.5, 0.6) is 5.75 Å². The van der Waals surface area contributed by atoms with E-state index in [4.69, 9.17) is 9.84 Å². The lowest BCUT2D eigenvalue weighted by atomic mass is 9.92. The van der Waals surface area contributed by atoms with Crippen molar-refractivity contribution < 1.29 is 14.6 Å². The molecule has 1 heterocycles. The third-order valence-corrected chi connectivity index (χ3v) is 2.91. The fraction of sp³-hybridized carbons (Fsp3) is 0.417. The fourth-order valence-electron chi connectivity index (χ4n) is 2.11. The summed E-state index contributed by atoms with van der Waals surface area (Å²) in [6.45, 7) is 3.90. The zero-order chi connectivity index (χ0) is 11.0. The SMILES string of the molecule is Cc1cccc2c1OC(C)C2CC(=O)O. The van der Waals surface area contributed by atoms with Crippen molar-refractivity contribution in [3.63, 3.8) is 0 Å². The average molecular weight is 206 g/mol. The number of benzene rings is 1. The molecule has 0 spiro atoms. The molecule has 0 saturated heterocycles. The summed E-state index contributed by atoms with van der Waals surface area (Å²) in [6.07, 6.45) is 0.0923. The maximum atomic E-state index is 10.7. The van der Waals surface area contributed by atoms with Crippen LogP contribution < -0.4 is 4.74 Å². The molecule has 80 valence electrons. The Bertz CT molecular complexity index is 398. The molecule has 2 unspecified atom stereocenters. The summed E-state index contributed by atoms with van der Waals surface area (Å²) < 4.78 is 5.69. The summed E-state index contributed by atoms with van der Waals surface area (Å²) in [6, 6.07) is 5.89. The number of ether oxygens (including phenoxy) is 1. The van der Waals surface area contributed by atoms with E-state index in [9.17, 15) is 4.79 Å². The standard InChI is InChI=1S/C12H14O3/c1-7-4-3-5-9-10(6-11(13)14)8(2)15-12(7)9/h3-5,8,10H,6H2,1-2H3,(H,13,14). The molecule has 0 fully saturated rings. The van der Waals surface area contributed by atoms with E-state index >= 15 is 0 Å². The minimum atomic E-state index is -0.773. The number of carbonyl (C=O) groups is 1. The number of aliphatic carboxylic acids is 1. The summed E-state index contributed by atoms with van der Waals surface area (Å²) in [4.78, 5) is 10.7. The number of hydrogen-bond acceptors (Lipinski definition) is 2. The van der Waals surface area contributed by atoms with Gasteiger partial charge in [0, 0.05) is 11.5 Å². The molecular formula is C12H14O3. The van der Waals surface area contributed by atoms with E-state index in [1.165, 1.54) is 0 Å². The van der Waals surface area contributed by atoms with Gasteiger partial charge in [0.2, 0.25) is 0 Å². The van der Waals surface area contributed by atoms with Gasteiger partial charge < -0.3 is 9.84 Å². The van der Waals surface area contributed by atoms with Crippen LogP contribution in [0.2, 0.25) is 0 Å². The molecule has 1 aromatic rings. The number of aryl methyl sites for hydroxylation is 1. The van der Waals surface area contributed by atoms with Crippen LogP contribution in [-0.2, 0) is 4.79 Å². The maximum Gasteiger partial charge on any atom is 0.304 e. The Hall–Kier alpha value is -1.51. The second-order valence-corrected chi connectivity index (χ2v) is 4.02. The Morgan fingerprint density at radius 2 is 2.27 bits per heavy atom. The number of hydrogen-bond donors (Lipinski definition) is 1. The van der Waals surface area contributed by atoms with Gasteiger partial charge in [-0.05, 0) is 19.4 Å². The third-order valence-electron chi connectivity index (χ3n) is 2.91. The summed E-state index contributed by atoms with van der Waals surface area (Å²) in [5, 5.41) is 8.83. The molecule has 1 N–H and O–H groups in total. The third kappa shape index (κ3) is 1.69. The number of para-hydroxylation sites is 1. The minimum Gasteiger partial charge on any atom is -0.489 e. The molecule has 3 heteroatoms.